The lowest BCUT2D eigenvalue weighted by Crippen LogP contribution is -2.34. The Labute approximate surface area is 269 Å². The summed E-state index contributed by atoms with van der Waals surface area (Å²) in [5.41, 5.74) is 5.75. The number of nitrogens with zero attached hydrogens (tertiary/aromatic N) is 5. The van der Waals surface area contributed by atoms with E-state index in [1.54, 1.807) is 12.4 Å². The lowest BCUT2D eigenvalue weighted by molar-refractivity contribution is -0.186. The van der Waals surface area contributed by atoms with Gasteiger partial charge in [0.25, 0.3) is 5.91 Å². The monoisotopic (exact) mass is 605 g/mol. The van der Waals surface area contributed by atoms with E-state index in [4.69, 9.17) is 4.84 Å². The van der Waals surface area contributed by atoms with Crippen molar-refractivity contribution in [2.75, 3.05) is 6.61 Å². The van der Waals surface area contributed by atoms with Crippen LogP contribution < -0.4 is 0 Å². The van der Waals surface area contributed by atoms with Crippen LogP contribution in [0.25, 0.3) is 12.2 Å². The van der Waals surface area contributed by atoms with Crippen molar-refractivity contribution in [1.29, 1.82) is 0 Å². The van der Waals surface area contributed by atoms with Crippen molar-refractivity contribution in [3.8, 4) is 0 Å². The van der Waals surface area contributed by atoms with Crippen LogP contribution in [0.5, 0.6) is 0 Å². The summed E-state index contributed by atoms with van der Waals surface area (Å²) in [6, 6.07) is 39.8. The maximum Gasteiger partial charge on any atom is 0.271 e. The van der Waals surface area contributed by atoms with Crippen LogP contribution in [0, 0.1) is 0 Å². The second kappa shape index (κ2) is 15.3. The predicted octanol–water partition coefficient (Wildman–Crippen LogP) is 7.45. The molecule has 0 aliphatic heterocycles. The van der Waals surface area contributed by atoms with E-state index in [1.165, 1.54) is 22.3 Å². The van der Waals surface area contributed by atoms with Crippen LogP contribution in [0.2, 0.25) is 0 Å². The van der Waals surface area contributed by atoms with Crippen LogP contribution >= 0.6 is 0 Å². The molecule has 2 heterocycles. The molecule has 0 saturated carbocycles. The molecule has 0 N–H and O–H groups in total. The van der Waals surface area contributed by atoms with Crippen molar-refractivity contribution in [2.24, 2.45) is 0 Å². The van der Waals surface area contributed by atoms with Gasteiger partial charge in [-0.15, -0.1) is 0 Å². The van der Waals surface area contributed by atoms with Gasteiger partial charge in [0.2, 0.25) is 0 Å². The number of amides is 1. The second-order valence-corrected chi connectivity index (χ2v) is 10.8. The summed E-state index contributed by atoms with van der Waals surface area (Å²) in [6.07, 6.45) is 14.5. The minimum atomic E-state index is -0.464. The van der Waals surface area contributed by atoms with Crippen molar-refractivity contribution in [2.45, 2.75) is 19.1 Å². The molecule has 228 valence electrons. The summed E-state index contributed by atoms with van der Waals surface area (Å²) in [5, 5.41) is 1.44. The number of hydrogen-bond donors (Lipinski definition) is 0. The summed E-state index contributed by atoms with van der Waals surface area (Å²) in [7, 11) is 0. The predicted molar refractivity (Wildman–Crippen MR) is 181 cm³/mol. The Balaban J connectivity index is 1.20. The van der Waals surface area contributed by atoms with E-state index < -0.39 is 6.04 Å². The van der Waals surface area contributed by atoms with Gasteiger partial charge in [0.05, 0.1) is 30.6 Å². The molecule has 0 aliphatic rings. The van der Waals surface area contributed by atoms with E-state index in [1.807, 2.05) is 137 Å². The zero-order valence-corrected chi connectivity index (χ0v) is 25.4. The fourth-order valence-corrected chi connectivity index (χ4v) is 5.21. The Morgan fingerprint density at radius 3 is 1.61 bits per heavy atom. The molecular weight excluding hydrogens is 570 g/mol. The second-order valence-electron chi connectivity index (χ2n) is 10.8. The zero-order chi connectivity index (χ0) is 31.4. The fourth-order valence-electron chi connectivity index (χ4n) is 5.21. The van der Waals surface area contributed by atoms with Gasteiger partial charge >= 0.3 is 0 Å². The Morgan fingerprint density at radius 2 is 1.11 bits per heavy atom. The Kier molecular flexibility index (Phi) is 10.0. The molecule has 0 fully saturated rings. The summed E-state index contributed by atoms with van der Waals surface area (Å²) in [4.78, 5) is 29.1. The number of carbonyl (C=O) groups excluding carboxylic acids is 1. The first-order valence-electron chi connectivity index (χ1n) is 15.2. The number of hydroxylamine groups is 2. The number of carbonyl (C=O) groups is 1. The Morgan fingerprint density at radius 1 is 0.652 bits per heavy atom. The van der Waals surface area contributed by atoms with Gasteiger partial charge in [0, 0.05) is 31.6 Å². The number of aromatic nitrogens is 4. The highest BCUT2D eigenvalue weighted by Gasteiger charge is 2.26. The Bertz CT molecular complexity index is 1820. The van der Waals surface area contributed by atoms with Gasteiger partial charge in [-0.25, -0.2) is 15.0 Å². The fraction of sp³-hybridized carbons (Fsp3) is 0.103. The van der Waals surface area contributed by atoms with E-state index in [0.717, 1.165) is 23.4 Å². The first kappa shape index (κ1) is 30.2. The number of benzene rings is 4. The molecule has 0 atom stereocenters. The van der Waals surface area contributed by atoms with E-state index in [0.29, 0.717) is 12.2 Å². The van der Waals surface area contributed by atoms with Crippen molar-refractivity contribution in [3.05, 3.63) is 192 Å². The third-order valence-electron chi connectivity index (χ3n) is 7.40. The van der Waals surface area contributed by atoms with Crippen molar-refractivity contribution in [1.82, 2.24) is 24.2 Å². The van der Waals surface area contributed by atoms with E-state index in [9.17, 15) is 4.79 Å². The molecular formula is C39H35N5O2. The minimum Gasteiger partial charge on any atom is -0.332 e. The molecule has 0 bridgehead atoms. The highest BCUT2D eigenvalue weighted by molar-refractivity contribution is 5.91. The standard InChI is InChI=1S/C39H35N5O2/c45-38(24-23-37-29-43(31-41-37)27-33-16-7-2-8-17-33)44(39(34-18-9-3-10-19-34)35-20-11-4-12-21-35)46-25-13-22-36-28-42(30-40-36)26-32-14-5-1-6-15-32/h1-24,28-31,39H,25-27H2/b22-13+,24-23+. The average molecular weight is 606 g/mol. The van der Waals surface area contributed by atoms with Crippen LogP contribution in [0.1, 0.15) is 39.7 Å². The highest BCUT2D eigenvalue weighted by Crippen LogP contribution is 2.29. The van der Waals surface area contributed by atoms with Crippen molar-refractivity contribution < 1.29 is 9.63 Å². The van der Waals surface area contributed by atoms with Crippen molar-refractivity contribution >= 4 is 18.1 Å². The molecule has 0 unspecified atom stereocenters. The molecule has 6 aromatic rings. The third kappa shape index (κ3) is 8.22. The van der Waals surface area contributed by atoms with E-state index >= 15 is 0 Å². The van der Waals surface area contributed by atoms with Gasteiger partial charge in [-0.1, -0.05) is 127 Å². The lowest BCUT2D eigenvalue weighted by atomic mass is 9.98. The van der Waals surface area contributed by atoms with Gasteiger partial charge in [0.1, 0.15) is 6.04 Å². The maximum absolute atomic E-state index is 13.9. The van der Waals surface area contributed by atoms with Gasteiger partial charge in [-0.05, 0) is 34.4 Å². The van der Waals surface area contributed by atoms with Crippen LogP contribution in [0.3, 0.4) is 0 Å². The summed E-state index contributed by atoms with van der Waals surface area (Å²) in [6.45, 7) is 1.62. The largest absolute Gasteiger partial charge is 0.332 e. The number of imidazole rings is 2. The van der Waals surface area contributed by atoms with Gasteiger partial charge in [0.15, 0.2) is 0 Å². The summed E-state index contributed by atoms with van der Waals surface area (Å²) < 4.78 is 4.04. The van der Waals surface area contributed by atoms with Crippen LogP contribution in [0.15, 0.2) is 159 Å². The molecule has 1 amide bonds. The van der Waals surface area contributed by atoms with Gasteiger partial charge in [-0.3, -0.25) is 9.63 Å². The average Bonchev–Trinajstić information content (AvgIpc) is 3.75. The topological polar surface area (TPSA) is 65.2 Å². The molecule has 4 aromatic carbocycles. The van der Waals surface area contributed by atoms with Crippen LogP contribution in [0.4, 0.5) is 0 Å². The minimum absolute atomic E-state index is 0.174. The van der Waals surface area contributed by atoms with Crippen molar-refractivity contribution in [3.63, 3.8) is 0 Å². The maximum atomic E-state index is 13.9. The first-order valence-corrected chi connectivity index (χ1v) is 15.2. The zero-order valence-electron chi connectivity index (χ0n) is 25.4. The van der Waals surface area contributed by atoms with Gasteiger partial charge < -0.3 is 9.13 Å². The lowest BCUT2D eigenvalue weighted by Gasteiger charge is -2.30. The molecule has 0 spiro atoms. The molecule has 7 nitrogen and oxygen atoms in total. The molecule has 46 heavy (non-hydrogen) atoms. The molecule has 6 rings (SSSR count). The number of hydrogen-bond acceptors (Lipinski definition) is 4. The summed E-state index contributed by atoms with van der Waals surface area (Å²) in [5.74, 6) is -0.296. The van der Waals surface area contributed by atoms with E-state index in [2.05, 4.69) is 34.2 Å². The smallest absolute Gasteiger partial charge is 0.271 e. The molecule has 7 heteroatoms. The SMILES string of the molecule is O=C(/C=C/c1cn(Cc2ccccc2)cn1)N(OC/C=C/c1cn(Cc2ccccc2)cn1)C(c1ccccc1)c1ccccc1. The molecule has 0 saturated heterocycles. The first-order chi connectivity index (χ1) is 22.7. The third-order valence-corrected chi connectivity index (χ3v) is 7.40. The number of rotatable bonds is 13. The quantitative estimate of drug-likeness (QED) is 0.101. The highest BCUT2D eigenvalue weighted by atomic mass is 16.7. The van der Waals surface area contributed by atoms with Gasteiger partial charge in [-0.2, -0.15) is 0 Å². The summed E-state index contributed by atoms with van der Waals surface area (Å²) >= 11 is 0. The normalized spacial score (nSPS) is 11.5. The van der Waals surface area contributed by atoms with E-state index in [-0.39, 0.29) is 12.5 Å². The van der Waals surface area contributed by atoms with Crippen LogP contribution in [-0.2, 0) is 22.7 Å². The van der Waals surface area contributed by atoms with Crippen LogP contribution in [-0.4, -0.2) is 36.7 Å². The Hall–Kier alpha value is -5.79. The molecule has 2 aromatic heterocycles. The molecule has 0 radical (unpaired) electrons. The molecule has 0 aliphatic carbocycles.